The summed E-state index contributed by atoms with van der Waals surface area (Å²) in [6.45, 7) is 0. The van der Waals surface area contributed by atoms with Gasteiger partial charge in [-0.15, -0.1) is 0 Å². The number of carboxylic acid groups (broad SMARTS) is 4. The first-order valence-electron chi connectivity index (χ1n) is 12.3. The molecule has 0 unspecified atom stereocenters. The molecule has 0 fully saturated rings. The van der Waals surface area contributed by atoms with Gasteiger partial charge in [-0.2, -0.15) is 0 Å². The van der Waals surface area contributed by atoms with E-state index in [2.05, 4.69) is 0 Å². The number of rotatable bonds is 8. The van der Waals surface area contributed by atoms with Gasteiger partial charge in [0, 0.05) is 70.8 Å². The molecular formula is C28H36Cu2N4O24+4. The molecule has 0 aliphatic carbocycles. The average molecular weight is 940 g/mol. The number of carboxylic acids is 4. The summed E-state index contributed by atoms with van der Waals surface area (Å²) in [7, 11) is 0. The smallest absolute Gasteiger partial charge is 0.545 e. The molecule has 58 heavy (non-hydrogen) atoms. The fourth-order valence-corrected chi connectivity index (χ4v) is 2.99. The Morgan fingerprint density at radius 3 is 0.586 bits per heavy atom. The van der Waals surface area contributed by atoms with Crippen LogP contribution in [0.25, 0.3) is 0 Å². The van der Waals surface area contributed by atoms with Crippen LogP contribution in [0.1, 0.15) is 41.4 Å². The van der Waals surface area contributed by atoms with Gasteiger partial charge >= 0.3 is 34.1 Å². The van der Waals surface area contributed by atoms with Crippen molar-refractivity contribution in [3.05, 3.63) is 160 Å². The number of nitrogens with zero attached hydrogens (tertiary/aromatic N) is 4. The maximum absolute atomic E-state index is 10.2. The first-order valence-corrected chi connectivity index (χ1v) is 12.3. The summed E-state index contributed by atoms with van der Waals surface area (Å²) in [5, 5.41) is 81.6. The number of non-ortho nitro benzene ring substituents is 4. The molecular weight excluding hydrogens is 903 g/mol. The number of aromatic carboxylic acids is 4. The molecule has 0 bridgehead atoms. The van der Waals surface area contributed by atoms with Crippen LogP contribution in [-0.2, 0) is 56.0 Å². The number of benzene rings is 4. The van der Waals surface area contributed by atoms with Crippen molar-refractivity contribution in [2.75, 3.05) is 0 Å². The van der Waals surface area contributed by atoms with Crippen LogP contribution in [0.2, 0.25) is 0 Å². The Kier molecular flexibility index (Phi) is 48.5. The number of hydrogen-bond acceptors (Lipinski definition) is 16. The number of nitro groups is 4. The average Bonchev–Trinajstić information content (AvgIpc) is 3.05. The molecule has 0 saturated carbocycles. The van der Waals surface area contributed by atoms with Crippen molar-refractivity contribution < 1.29 is 137 Å². The zero-order chi connectivity index (χ0) is 36.6. The molecule has 30 heteroatoms. The van der Waals surface area contributed by atoms with Gasteiger partial charge in [0.1, 0.15) is 0 Å². The van der Waals surface area contributed by atoms with E-state index in [0.29, 0.717) is 0 Å². The van der Waals surface area contributed by atoms with Crippen molar-refractivity contribution in [3.63, 3.8) is 0 Å². The zero-order valence-corrected chi connectivity index (χ0v) is 30.4. The molecule has 330 valence electrons. The third-order valence-corrected chi connectivity index (χ3v) is 5.17. The second-order valence-electron chi connectivity index (χ2n) is 8.38. The first-order chi connectivity index (χ1) is 22.4. The second-order valence-corrected chi connectivity index (χ2v) is 8.38. The maximum Gasteiger partial charge on any atom is 2.00 e. The Labute approximate surface area is 343 Å². The molecule has 0 heterocycles. The predicted octanol–water partition coefficient (Wildman–Crippen LogP) is -7.16. The Hall–Kier alpha value is -6.92. The molecule has 4 aromatic rings. The Morgan fingerprint density at radius 1 is 0.345 bits per heavy atom. The van der Waals surface area contributed by atoms with E-state index in [9.17, 15) is 80.1 Å². The van der Waals surface area contributed by atoms with Crippen molar-refractivity contribution in [1.29, 1.82) is 0 Å². The van der Waals surface area contributed by atoms with Gasteiger partial charge in [0.15, 0.2) is 0 Å². The molecule has 28 nitrogen and oxygen atoms in total. The summed E-state index contributed by atoms with van der Waals surface area (Å²) in [4.78, 5) is 79.0. The summed E-state index contributed by atoms with van der Waals surface area (Å²) in [5.74, 6) is -5.67. The van der Waals surface area contributed by atoms with Gasteiger partial charge in [-0.05, 0) is 0 Å². The molecule has 0 spiro atoms. The van der Waals surface area contributed by atoms with Crippen LogP contribution in [0, 0.1) is 40.5 Å². The van der Waals surface area contributed by atoms with Crippen molar-refractivity contribution in [2.45, 2.75) is 0 Å². The molecule has 0 saturated heterocycles. The normalized spacial score (nSPS) is 7.72. The fraction of sp³-hybridized carbons (Fsp3) is 0. The van der Waals surface area contributed by atoms with Crippen LogP contribution in [0.5, 0.6) is 0 Å². The van der Waals surface area contributed by atoms with Crippen LogP contribution < -0.4 is 20.4 Å². The molecule has 2 radical (unpaired) electrons. The van der Waals surface area contributed by atoms with Crippen LogP contribution in [-0.4, -0.2) is 65.5 Å². The second kappa shape index (κ2) is 37.0. The van der Waals surface area contributed by atoms with Gasteiger partial charge in [0.25, 0.3) is 22.7 Å². The zero-order valence-electron chi connectivity index (χ0n) is 28.5. The topological polar surface area (TPSA) is 591 Å². The van der Waals surface area contributed by atoms with Gasteiger partial charge in [0.05, 0.1) is 43.6 Å². The fourth-order valence-electron chi connectivity index (χ4n) is 2.99. The number of hydrogen-bond donors (Lipinski definition) is 0. The van der Waals surface area contributed by atoms with Crippen molar-refractivity contribution in [1.82, 2.24) is 0 Å². The monoisotopic (exact) mass is 938 g/mol. The Bertz CT molecular complexity index is 1510. The summed E-state index contributed by atoms with van der Waals surface area (Å²) < 4.78 is 0. The third-order valence-electron chi connectivity index (χ3n) is 5.17. The molecule has 0 aliphatic heterocycles. The van der Waals surface area contributed by atoms with Crippen molar-refractivity contribution >= 4 is 46.6 Å². The van der Waals surface area contributed by atoms with Gasteiger partial charge in [-0.1, -0.05) is 48.5 Å². The van der Waals surface area contributed by atoms with E-state index in [1.807, 2.05) is 0 Å². The number of carbonyl (C=O) groups is 4. The van der Waals surface area contributed by atoms with E-state index in [0.717, 1.165) is 24.3 Å². The van der Waals surface area contributed by atoms with Crippen LogP contribution in [0.3, 0.4) is 0 Å². The molecule has 0 atom stereocenters. The summed E-state index contributed by atoms with van der Waals surface area (Å²) in [6, 6.07) is 18.8. The van der Waals surface area contributed by atoms with Crippen LogP contribution in [0.15, 0.2) is 97.1 Å². The van der Waals surface area contributed by atoms with Gasteiger partial charge in [0.2, 0.25) is 0 Å². The number of nitro benzene ring substituents is 4. The molecule has 0 aromatic heterocycles. The van der Waals surface area contributed by atoms with E-state index in [1.165, 1.54) is 72.8 Å². The largest absolute Gasteiger partial charge is 2.00 e. The van der Waals surface area contributed by atoms with E-state index >= 15 is 0 Å². The minimum Gasteiger partial charge on any atom is -0.545 e. The standard InChI is InChI=1S/4C7H5NO4.2Cu.8H2O/c4*9-7(10)5-2-1-3-6(4-5)8(11)12;;;;;;;;;;/h4*1-4H,(H,9,10);;;8*1H2/q;;;;2*+2;;;;;;;;. The van der Waals surface area contributed by atoms with Gasteiger partial charge < -0.3 is 83.4 Å². The van der Waals surface area contributed by atoms with Crippen LogP contribution in [0.4, 0.5) is 22.7 Å². The molecule has 20 N–H and O–H groups in total. The molecule has 4 rings (SSSR count). The van der Waals surface area contributed by atoms with Crippen LogP contribution >= 0.6 is 0 Å². The third kappa shape index (κ3) is 26.8. The summed E-state index contributed by atoms with van der Waals surface area (Å²) in [5.41, 5.74) is -1.77. The Morgan fingerprint density at radius 2 is 0.483 bits per heavy atom. The maximum atomic E-state index is 10.2. The minimum atomic E-state index is -1.42. The quantitative estimate of drug-likeness (QED) is 0.0685. The summed E-state index contributed by atoms with van der Waals surface area (Å²) >= 11 is 0. The SMILES string of the molecule is O.O.O.O.O=C([O-])c1cccc([N+](=O)[O-])c1.O=C([O-])c1cccc([N+](=O)[O-])c1.O=C([O-])c1cccc([N+](=O)[O-])c1.O=C([O-])c1cccc([N+](=O)[O-])c1.[Cu+2].[Cu+2].[OH3+].[OH3+].[OH3+].[OH3+]. The van der Waals surface area contributed by atoms with E-state index in [4.69, 9.17) is 0 Å². The minimum absolute atomic E-state index is 0. The first kappa shape index (κ1) is 75.9. The van der Waals surface area contributed by atoms with Crippen molar-refractivity contribution in [2.24, 2.45) is 0 Å². The van der Waals surface area contributed by atoms with Gasteiger partial charge in [-0.25, -0.2) is 0 Å². The predicted molar refractivity (Wildman–Crippen MR) is 184 cm³/mol. The molecule has 0 aliphatic rings. The summed E-state index contributed by atoms with van der Waals surface area (Å²) in [6.07, 6.45) is 0. The Balaban J connectivity index is -0.0000000626. The van der Waals surface area contributed by atoms with Gasteiger partial charge in [-0.3, -0.25) is 40.5 Å². The molecule has 0 amide bonds. The van der Waals surface area contributed by atoms with Crippen molar-refractivity contribution in [3.8, 4) is 0 Å². The van der Waals surface area contributed by atoms with E-state index in [1.54, 1.807) is 0 Å². The van der Waals surface area contributed by atoms with E-state index < -0.39 is 43.6 Å². The molecule has 4 aromatic carbocycles. The van der Waals surface area contributed by atoms with E-state index in [-0.39, 0.29) is 123 Å². The number of carbonyl (C=O) groups excluding carboxylic acids is 4.